The van der Waals surface area contributed by atoms with Gasteiger partial charge in [0.2, 0.25) is 0 Å². The lowest BCUT2D eigenvalue weighted by Gasteiger charge is -2.44. The molecule has 0 aromatic heterocycles. The largest absolute Gasteiger partial charge is 0.372 e. The molecule has 0 aromatic carbocycles. The molecule has 19 heavy (non-hydrogen) atoms. The van der Waals surface area contributed by atoms with Crippen molar-refractivity contribution in [2.45, 2.75) is 96.7 Å². The Hall–Kier alpha value is -0.0800. The summed E-state index contributed by atoms with van der Waals surface area (Å²) in [6, 6.07) is 0. The van der Waals surface area contributed by atoms with Gasteiger partial charge in [0.1, 0.15) is 0 Å². The summed E-state index contributed by atoms with van der Waals surface area (Å²) in [5.41, 5.74) is 0.227. The molecule has 0 spiro atoms. The quantitative estimate of drug-likeness (QED) is 0.520. The summed E-state index contributed by atoms with van der Waals surface area (Å²) in [5.74, 6) is 0. The van der Waals surface area contributed by atoms with E-state index < -0.39 is 0 Å². The molecule has 1 saturated carbocycles. The third kappa shape index (κ3) is 6.76. The van der Waals surface area contributed by atoms with Gasteiger partial charge in [-0.15, -0.1) is 0 Å². The summed E-state index contributed by atoms with van der Waals surface area (Å²) < 4.78 is 6.39. The van der Waals surface area contributed by atoms with Gasteiger partial charge in [-0.05, 0) is 58.5 Å². The van der Waals surface area contributed by atoms with Gasteiger partial charge in [0.05, 0.1) is 11.7 Å². The Bertz CT molecular complexity index is 213. The zero-order valence-electron chi connectivity index (χ0n) is 13.5. The number of ether oxygens (including phenoxy) is 1. The van der Waals surface area contributed by atoms with E-state index in [1.807, 2.05) is 0 Å². The Balaban J connectivity index is 2.15. The van der Waals surface area contributed by atoms with Crippen molar-refractivity contribution in [3.63, 3.8) is 0 Å². The molecule has 1 atom stereocenters. The standard InChI is InChI=1S/C17H35NO/c1-4-6-7-8-10-16(3)19-17(11-9-12-17)13-15-18-14-5-2/h16,18H,4-15H2,1-3H3. The molecule has 0 saturated heterocycles. The van der Waals surface area contributed by atoms with Gasteiger partial charge in [-0.3, -0.25) is 0 Å². The minimum absolute atomic E-state index is 0.227. The van der Waals surface area contributed by atoms with Gasteiger partial charge < -0.3 is 10.1 Å². The van der Waals surface area contributed by atoms with Crippen LogP contribution >= 0.6 is 0 Å². The van der Waals surface area contributed by atoms with Crippen LogP contribution in [0.4, 0.5) is 0 Å². The van der Waals surface area contributed by atoms with Crippen molar-refractivity contribution in [2.75, 3.05) is 13.1 Å². The molecule has 0 aliphatic heterocycles. The van der Waals surface area contributed by atoms with Crippen LogP contribution in [-0.2, 0) is 4.74 Å². The van der Waals surface area contributed by atoms with Crippen molar-refractivity contribution < 1.29 is 4.74 Å². The summed E-state index contributed by atoms with van der Waals surface area (Å²) in [5, 5.41) is 3.51. The molecule has 1 unspecified atom stereocenters. The lowest BCUT2D eigenvalue weighted by molar-refractivity contribution is -0.139. The Labute approximate surface area is 120 Å². The van der Waals surface area contributed by atoms with Crippen LogP contribution in [0.5, 0.6) is 0 Å². The highest BCUT2D eigenvalue weighted by molar-refractivity contribution is 4.91. The zero-order valence-corrected chi connectivity index (χ0v) is 13.5. The maximum Gasteiger partial charge on any atom is 0.0698 e. The molecule has 0 heterocycles. The van der Waals surface area contributed by atoms with Gasteiger partial charge in [0, 0.05) is 0 Å². The molecule has 2 nitrogen and oxygen atoms in total. The molecule has 0 amide bonds. The highest BCUT2D eigenvalue weighted by Gasteiger charge is 2.38. The number of nitrogens with one attached hydrogen (secondary N) is 1. The first-order valence-corrected chi connectivity index (χ1v) is 8.61. The highest BCUT2D eigenvalue weighted by atomic mass is 16.5. The van der Waals surface area contributed by atoms with E-state index in [9.17, 15) is 0 Å². The van der Waals surface area contributed by atoms with E-state index in [1.54, 1.807) is 0 Å². The fraction of sp³-hybridized carbons (Fsp3) is 1.00. The molecule has 0 bridgehead atoms. The van der Waals surface area contributed by atoms with E-state index in [2.05, 4.69) is 26.1 Å². The van der Waals surface area contributed by atoms with Crippen molar-refractivity contribution in [3.05, 3.63) is 0 Å². The van der Waals surface area contributed by atoms with Crippen LogP contribution < -0.4 is 5.32 Å². The first-order valence-electron chi connectivity index (χ1n) is 8.61. The van der Waals surface area contributed by atoms with Crippen LogP contribution in [0.25, 0.3) is 0 Å². The predicted octanol–water partition coefficient (Wildman–Crippen LogP) is 4.67. The lowest BCUT2D eigenvalue weighted by Crippen LogP contribution is -2.44. The average Bonchev–Trinajstić information content (AvgIpc) is 2.36. The molecule has 114 valence electrons. The van der Waals surface area contributed by atoms with Crippen LogP contribution in [0.15, 0.2) is 0 Å². The monoisotopic (exact) mass is 269 g/mol. The van der Waals surface area contributed by atoms with Crippen LogP contribution in [-0.4, -0.2) is 24.8 Å². The SMILES string of the molecule is CCCCCCC(C)OC1(CCNCCC)CCC1. The van der Waals surface area contributed by atoms with Crippen LogP contribution in [0.3, 0.4) is 0 Å². The Morgan fingerprint density at radius 3 is 2.42 bits per heavy atom. The van der Waals surface area contributed by atoms with Gasteiger partial charge in [-0.2, -0.15) is 0 Å². The maximum atomic E-state index is 6.39. The first kappa shape index (κ1) is 17.0. The maximum absolute atomic E-state index is 6.39. The second-order valence-electron chi connectivity index (χ2n) is 6.31. The van der Waals surface area contributed by atoms with E-state index in [4.69, 9.17) is 4.74 Å². The minimum atomic E-state index is 0.227. The molecular weight excluding hydrogens is 234 g/mol. The van der Waals surface area contributed by atoms with Gasteiger partial charge in [-0.25, -0.2) is 0 Å². The molecule has 1 fully saturated rings. The molecular formula is C17H35NO. The van der Waals surface area contributed by atoms with Crippen LogP contribution in [0.2, 0.25) is 0 Å². The third-order valence-corrected chi connectivity index (χ3v) is 4.36. The van der Waals surface area contributed by atoms with E-state index >= 15 is 0 Å². The average molecular weight is 269 g/mol. The first-order chi connectivity index (χ1) is 9.22. The molecule has 1 aliphatic carbocycles. The number of hydrogen-bond donors (Lipinski definition) is 1. The fourth-order valence-electron chi connectivity index (χ4n) is 2.96. The fourth-order valence-corrected chi connectivity index (χ4v) is 2.96. The predicted molar refractivity (Wildman–Crippen MR) is 83.7 cm³/mol. The van der Waals surface area contributed by atoms with Crippen molar-refractivity contribution in [3.8, 4) is 0 Å². The Kier molecular flexibility index (Phi) is 8.72. The smallest absolute Gasteiger partial charge is 0.0698 e. The molecule has 1 aliphatic rings. The summed E-state index contributed by atoms with van der Waals surface area (Å²) in [4.78, 5) is 0. The molecule has 2 heteroatoms. The van der Waals surface area contributed by atoms with Gasteiger partial charge in [-0.1, -0.05) is 39.5 Å². The minimum Gasteiger partial charge on any atom is -0.372 e. The number of unbranched alkanes of at least 4 members (excludes halogenated alkanes) is 3. The van der Waals surface area contributed by atoms with E-state index in [0.29, 0.717) is 6.10 Å². The zero-order chi connectivity index (χ0) is 14.0. The molecule has 1 N–H and O–H groups in total. The Morgan fingerprint density at radius 1 is 1.05 bits per heavy atom. The molecule has 0 radical (unpaired) electrons. The van der Waals surface area contributed by atoms with Crippen molar-refractivity contribution in [1.29, 1.82) is 0 Å². The second kappa shape index (κ2) is 9.77. The molecule has 0 aromatic rings. The Morgan fingerprint density at radius 2 is 1.84 bits per heavy atom. The summed E-state index contributed by atoms with van der Waals surface area (Å²) in [6.07, 6.45) is 13.4. The second-order valence-corrected chi connectivity index (χ2v) is 6.31. The van der Waals surface area contributed by atoms with E-state index in [1.165, 1.54) is 64.2 Å². The summed E-state index contributed by atoms with van der Waals surface area (Å²) in [6.45, 7) is 9.03. The molecule has 1 rings (SSSR count). The van der Waals surface area contributed by atoms with Crippen molar-refractivity contribution >= 4 is 0 Å². The van der Waals surface area contributed by atoms with E-state index in [0.717, 1.165) is 13.1 Å². The number of rotatable bonds is 12. The van der Waals surface area contributed by atoms with Crippen LogP contribution in [0.1, 0.15) is 85.0 Å². The van der Waals surface area contributed by atoms with Gasteiger partial charge in [0.25, 0.3) is 0 Å². The van der Waals surface area contributed by atoms with Crippen molar-refractivity contribution in [2.24, 2.45) is 0 Å². The highest BCUT2D eigenvalue weighted by Crippen LogP contribution is 2.39. The summed E-state index contributed by atoms with van der Waals surface area (Å²) >= 11 is 0. The van der Waals surface area contributed by atoms with E-state index in [-0.39, 0.29) is 5.60 Å². The lowest BCUT2D eigenvalue weighted by atomic mass is 9.77. The number of hydrogen-bond acceptors (Lipinski definition) is 2. The summed E-state index contributed by atoms with van der Waals surface area (Å²) in [7, 11) is 0. The van der Waals surface area contributed by atoms with Gasteiger partial charge in [0.15, 0.2) is 0 Å². The van der Waals surface area contributed by atoms with Gasteiger partial charge >= 0.3 is 0 Å². The van der Waals surface area contributed by atoms with Crippen molar-refractivity contribution in [1.82, 2.24) is 5.32 Å². The third-order valence-electron chi connectivity index (χ3n) is 4.36. The topological polar surface area (TPSA) is 21.3 Å². The normalized spacial score (nSPS) is 19.1. The van der Waals surface area contributed by atoms with Crippen LogP contribution in [0, 0.1) is 0 Å².